The van der Waals surface area contributed by atoms with Crippen molar-refractivity contribution in [3.63, 3.8) is 0 Å². The molecular weight excluding hydrogens is 569 g/mol. The second-order valence-electron chi connectivity index (χ2n) is 12.9. The van der Waals surface area contributed by atoms with Crippen LogP contribution in [-0.4, -0.2) is 88.9 Å². The Morgan fingerprint density at radius 2 is 1.05 bits per heavy atom. The van der Waals surface area contributed by atoms with Gasteiger partial charge in [-0.15, -0.1) is 0 Å². The summed E-state index contributed by atoms with van der Waals surface area (Å²) in [4.78, 5) is 21.8. The molecule has 0 aliphatic heterocycles. The van der Waals surface area contributed by atoms with E-state index in [1.807, 2.05) is 0 Å². The van der Waals surface area contributed by atoms with E-state index in [4.69, 9.17) is 4.74 Å². The molecule has 1 N–H and O–H groups in total. The molecule has 0 atom stereocenters. The fourth-order valence-corrected chi connectivity index (χ4v) is 4.49. The number of halogens is 2. The van der Waals surface area contributed by atoms with E-state index < -0.39 is 0 Å². The van der Waals surface area contributed by atoms with Gasteiger partial charge in [0.15, 0.2) is 0 Å². The second kappa shape index (κ2) is 32.8. The molecule has 0 saturated heterocycles. The van der Waals surface area contributed by atoms with Crippen molar-refractivity contribution < 1.29 is 48.1 Å². The van der Waals surface area contributed by atoms with Crippen LogP contribution in [0.1, 0.15) is 116 Å². The first kappa shape index (κ1) is 47.8. The quantitative estimate of drug-likeness (QED) is 0.0676. The molecule has 42 heavy (non-hydrogen) atoms. The van der Waals surface area contributed by atoms with E-state index in [9.17, 15) is 9.59 Å². The van der Waals surface area contributed by atoms with Gasteiger partial charge in [-0.1, -0.05) is 110 Å². The molecule has 0 spiro atoms. The van der Waals surface area contributed by atoms with Gasteiger partial charge in [-0.2, -0.15) is 0 Å². The van der Waals surface area contributed by atoms with Crippen molar-refractivity contribution in [1.82, 2.24) is 5.32 Å². The first-order chi connectivity index (χ1) is 19.0. The topological polar surface area (TPSA) is 55.4 Å². The number of rotatable bonds is 26. The Kier molecular flexibility index (Phi) is 37.4. The second-order valence-corrected chi connectivity index (χ2v) is 12.9. The third-order valence-corrected chi connectivity index (χ3v) is 7.21. The summed E-state index contributed by atoms with van der Waals surface area (Å²) >= 11 is 0. The fraction of sp³-hybridized carbons (Fsp3) is 0.824. The lowest BCUT2D eigenvalue weighted by Crippen LogP contribution is -3.00. The Bertz CT molecular complexity index is 638. The SMILES string of the molecule is C=CC(=O)NCCC[N+](C)(C)C.C=CC(=O)OCC[N+](C)(C)CCCCCCCCCCCCCCCCCC.[Cl-].[Cl-]. The molecule has 0 aromatic heterocycles. The third kappa shape index (κ3) is 41.1. The molecule has 0 aromatic carbocycles. The van der Waals surface area contributed by atoms with Crippen LogP contribution >= 0.6 is 0 Å². The van der Waals surface area contributed by atoms with Gasteiger partial charge < -0.3 is 43.8 Å². The molecule has 0 heterocycles. The molecular formula is C34H69Cl2N3O3. The molecule has 1 amide bonds. The lowest BCUT2D eigenvalue weighted by atomic mass is 10.0. The summed E-state index contributed by atoms with van der Waals surface area (Å²) in [5, 5.41) is 2.74. The predicted octanol–water partition coefficient (Wildman–Crippen LogP) is 1.45. The molecule has 0 unspecified atom stereocenters. The smallest absolute Gasteiger partial charge is 0.330 e. The van der Waals surface area contributed by atoms with Crippen LogP contribution in [0.25, 0.3) is 0 Å². The maximum absolute atomic E-state index is 11.1. The minimum Gasteiger partial charge on any atom is -1.00 e. The highest BCUT2D eigenvalue weighted by Crippen LogP contribution is 2.14. The third-order valence-electron chi connectivity index (χ3n) is 7.21. The van der Waals surface area contributed by atoms with Crippen molar-refractivity contribution in [1.29, 1.82) is 0 Å². The number of carbonyl (C=O) groups is 2. The van der Waals surface area contributed by atoms with Gasteiger partial charge in [-0.25, -0.2) is 4.79 Å². The number of amides is 1. The molecule has 0 rings (SSSR count). The Morgan fingerprint density at radius 3 is 1.43 bits per heavy atom. The lowest BCUT2D eigenvalue weighted by molar-refractivity contribution is -0.890. The maximum Gasteiger partial charge on any atom is 0.330 e. The van der Waals surface area contributed by atoms with Gasteiger partial charge in [0.25, 0.3) is 0 Å². The molecule has 8 heteroatoms. The number of ether oxygens (including phenoxy) is 1. The number of hydrogen-bond acceptors (Lipinski definition) is 3. The summed E-state index contributed by atoms with van der Waals surface area (Å²) in [6.45, 7) is 13.4. The van der Waals surface area contributed by atoms with Gasteiger partial charge in [-0.3, -0.25) is 4.79 Å². The highest BCUT2D eigenvalue weighted by Gasteiger charge is 2.14. The minimum atomic E-state index is -0.317. The molecule has 0 aliphatic rings. The van der Waals surface area contributed by atoms with Crippen LogP contribution in [0, 0.1) is 0 Å². The van der Waals surface area contributed by atoms with E-state index in [2.05, 4.69) is 60.6 Å². The average Bonchev–Trinajstić information content (AvgIpc) is 2.90. The highest BCUT2D eigenvalue weighted by molar-refractivity contribution is 5.86. The maximum atomic E-state index is 11.1. The normalized spacial score (nSPS) is 10.8. The summed E-state index contributed by atoms with van der Waals surface area (Å²) < 4.78 is 6.94. The molecule has 0 radical (unpaired) electrons. The Balaban J connectivity index is -0.000000436. The summed E-state index contributed by atoms with van der Waals surface area (Å²) in [5.41, 5.74) is 0. The molecule has 0 fully saturated rings. The molecule has 0 saturated carbocycles. The number of quaternary nitrogens is 2. The van der Waals surface area contributed by atoms with E-state index in [-0.39, 0.29) is 36.7 Å². The van der Waals surface area contributed by atoms with E-state index in [0.717, 1.165) is 41.6 Å². The predicted molar refractivity (Wildman–Crippen MR) is 173 cm³/mol. The van der Waals surface area contributed by atoms with Crippen LogP contribution in [0.3, 0.4) is 0 Å². The number of esters is 1. The van der Waals surface area contributed by atoms with E-state index in [1.54, 1.807) is 0 Å². The van der Waals surface area contributed by atoms with Crippen molar-refractivity contribution in [2.45, 2.75) is 116 Å². The zero-order chi connectivity index (χ0) is 30.5. The van der Waals surface area contributed by atoms with Crippen LogP contribution < -0.4 is 30.1 Å². The van der Waals surface area contributed by atoms with Gasteiger partial charge in [0.2, 0.25) is 5.91 Å². The fourth-order valence-electron chi connectivity index (χ4n) is 4.49. The number of nitrogens with zero attached hydrogens (tertiary/aromatic N) is 2. The number of hydrogen-bond donors (Lipinski definition) is 1. The van der Waals surface area contributed by atoms with Crippen LogP contribution in [0.2, 0.25) is 0 Å². The summed E-state index contributed by atoms with van der Waals surface area (Å²) in [5.74, 6) is -0.404. The summed E-state index contributed by atoms with van der Waals surface area (Å²) in [6, 6.07) is 0. The number of unbranched alkanes of at least 4 members (excludes halogenated alkanes) is 15. The van der Waals surface area contributed by atoms with Crippen LogP contribution in [-0.2, 0) is 14.3 Å². The molecule has 6 nitrogen and oxygen atoms in total. The Labute approximate surface area is 274 Å². The van der Waals surface area contributed by atoms with Gasteiger partial charge in [0.05, 0.1) is 48.3 Å². The monoisotopic (exact) mass is 637 g/mol. The van der Waals surface area contributed by atoms with Crippen LogP contribution in [0.4, 0.5) is 0 Å². The van der Waals surface area contributed by atoms with Crippen molar-refractivity contribution in [3.05, 3.63) is 25.3 Å². The van der Waals surface area contributed by atoms with Gasteiger partial charge in [-0.05, 0) is 18.9 Å². The Morgan fingerprint density at radius 1 is 0.619 bits per heavy atom. The van der Waals surface area contributed by atoms with Crippen LogP contribution in [0.5, 0.6) is 0 Å². The van der Waals surface area contributed by atoms with E-state index >= 15 is 0 Å². The molecule has 0 aromatic rings. The zero-order valence-electron chi connectivity index (χ0n) is 28.5. The standard InChI is InChI=1S/C25H50NO2.C9H18N2O.2ClH/c1-5-7-8-9-10-11-12-13-14-15-16-17-18-19-20-21-22-26(3,4)23-24-28-25(27)6-2;1-5-9(12)10-7-6-8-11(2,3)4;;/h6H,2,5,7-24H2,1,3-4H3;5H,1,6-8H2,2-4H3;2*1H/q+1;;;/p-1. The zero-order valence-corrected chi connectivity index (χ0v) is 30.0. The first-order valence-corrected chi connectivity index (χ1v) is 16.3. The minimum absolute atomic E-state index is 0. The van der Waals surface area contributed by atoms with Crippen molar-refractivity contribution in [3.8, 4) is 0 Å². The summed E-state index contributed by atoms with van der Waals surface area (Å²) in [6.07, 6.45) is 26.1. The number of nitrogens with one attached hydrogen (secondary N) is 1. The molecule has 0 bridgehead atoms. The Hall–Kier alpha value is -1.08. The lowest BCUT2D eigenvalue weighted by Gasteiger charge is -2.29. The summed E-state index contributed by atoms with van der Waals surface area (Å²) in [7, 11) is 10.8. The van der Waals surface area contributed by atoms with E-state index in [0.29, 0.717) is 6.61 Å². The average molecular weight is 639 g/mol. The first-order valence-electron chi connectivity index (χ1n) is 16.3. The van der Waals surface area contributed by atoms with Crippen molar-refractivity contribution >= 4 is 11.9 Å². The van der Waals surface area contributed by atoms with Crippen molar-refractivity contribution in [2.75, 3.05) is 68.0 Å². The van der Waals surface area contributed by atoms with Gasteiger partial charge in [0, 0.05) is 19.0 Å². The van der Waals surface area contributed by atoms with E-state index in [1.165, 1.54) is 115 Å². The number of likely N-dealkylation sites (N-methyl/N-ethyl adjacent to an activating group) is 1. The molecule has 0 aliphatic carbocycles. The largest absolute Gasteiger partial charge is 1.00 e. The van der Waals surface area contributed by atoms with Gasteiger partial charge in [0.1, 0.15) is 13.2 Å². The highest BCUT2D eigenvalue weighted by atomic mass is 35.5. The van der Waals surface area contributed by atoms with Gasteiger partial charge >= 0.3 is 5.97 Å². The van der Waals surface area contributed by atoms with Crippen molar-refractivity contribution in [2.24, 2.45) is 0 Å². The van der Waals surface area contributed by atoms with Crippen LogP contribution in [0.15, 0.2) is 25.3 Å². The number of carbonyl (C=O) groups excluding carboxylic acids is 2. The molecule has 252 valence electrons.